The monoisotopic (exact) mass is 358 g/mol. The fraction of sp³-hybridized carbons (Fsp3) is 0.500. The largest absolute Gasteiger partial charge is 0.421 e. The van der Waals surface area contributed by atoms with Crippen LogP contribution in [0.2, 0.25) is 0 Å². The van der Waals surface area contributed by atoms with E-state index in [0.717, 1.165) is 20.9 Å². The minimum atomic E-state index is -0.733. The summed E-state index contributed by atoms with van der Waals surface area (Å²) < 4.78 is 5.32. The zero-order valence-electron chi connectivity index (χ0n) is 14.3. The van der Waals surface area contributed by atoms with Crippen molar-refractivity contribution in [1.82, 2.24) is 9.74 Å². The Bertz CT molecular complexity index is 570. The summed E-state index contributed by atoms with van der Waals surface area (Å²) in [7, 11) is 1.38. The standard InChI is InChI=1S/C16H23ClN2O3S/c1-9(2)13(18-17)15(20)19(5)16(21)22-12-7-10(3)14(23-6)11(4)8-12/h7-9,13,18H,1-6H3. The van der Waals surface area contributed by atoms with E-state index in [-0.39, 0.29) is 5.92 Å². The number of hydrogen-bond acceptors (Lipinski definition) is 5. The van der Waals surface area contributed by atoms with Crippen molar-refractivity contribution in [3.63, 3.8) is 0 Å². The smallest absolute Gasteiger partial charge is 0.410 e. The van der Waals surface area contributed by atoms with Gasteiger partial charge in [0.15, 0.2) is 0 Å². The summed E-state index contributed by atoms with van der Waals surface area (Å²) in [6, 6.07) is 2.92. The number of nitrogens with zero attached hydrogens (tertiary/aromatic N) is 1. The maximum Gasteiger partial charge on any atom is 0.421 e. The molecule has 2 amide bonds. The van der Waals surface area contributed by atoms with Crippen molar-refractivity contribution in [2.45, 2.75) is 38.6 Å². The van der Waals surface area contributed by atoms with Crippen LogP contribution in [0, 0.1) is 19.8 Å². The molecule has 0 saturated heterocycles. The molecule has 1 unspecified atom stereocenters. The molecule has 7 heteroatoms. The third kappa shape index (κ3) is 4.86. The first kappa shape index (κ1) is 19.8. The lowest BCUT2D eigenvalue weighted by Gasteiger charge is -2.23. The van der Waals surface area contributed by atoms with E-state index < -0.39 is 18.0 Å². The second kappa shape index (κ2) is 8.57. The molecule has 0 spiro atoms. The Balaban J connectivity index is 2.89. The van der Waals surface area contributed by atoms with E-state index in [2.05, 4.69) is 4.84 Å². The Kier molecular flexibility index (Phi) is 7.38. The third-order valence-corrected chi connectivity index (χ3v) is 4.79. The van der Waals surface area contributed by atoms with E-state index in [1.54, 1.807) is 23.9 Å². The highest BCUT2D eigenvalue weighted by Gasteiger charge is 2.29. The predicted octanol–water partition coefficient (Wildman–Crippen LogP) is 3.75. The van der Waals surface area contributed by atoms with Gasteiger partial charge in [0.05, 0.1) is 0 Å². The molecule has 0 aliphatic rings. The molecular formula is C16H23ClN2O3S. The van der Waals surface area contributed by atoms with E-state index in [0.29, 0.717) is 5.75 Å². The van der Waals surface area contributed by atoms with Gasteiger partial charge >= 0.3 is 6.09 Å². The SMILES string of the molecule is CSc1c(C)cc(OC(=O)N(C)C(=O)C(NCl)C(C)C)cc1C. The van der Waals surface area contributed by atoms with Crippen LogP contribution in [0.4, 0.5) is 4.79 Å². The third-order valence-electron chi connectivity index (χ3n) is 3.50. The molecule has 0 radical (unpaired) electrons. The molecule has 0 fully saturated rings. The molecule has 1 rings (SSSR count). The van der Waals surface area contributed by atoms with E-state index in [9.17, 15) is 9.59 Å². The molecule has 5 nitrogen and oxygen atoms in total. The van der Waals surface area contributed by atoms with Crippen molar-refractivity contribution in [2.24, 2.45) is 5.92 Å². The zero-order valence-corrected chi connectivity index (χ0v) is 15.8. The van der Waals surface area contributed by atoms with Gasteiger partial charge in [-0.3, -0.25) is 4.79 Å². The number of aryl methyl sites for hydroxylation is 2. The summed E-state index contributed by atoms with van der Waals surface area (Å²) in [4.78, 5) is 28.9. The Labute approximate surface area is 146 Å². The Hall–Kier alpha value is -1.24. The number of likely N-dealkylation sites (N-methyl/N-ethyl adjacent to an activating group) is 1. The van der Waals surface area contributed by atoms with Gasteiger partial charge in [-0.05, 0) is 61.1 Å². The Morgan fingerprint density at radius 1 is 1.26 bits per heavy atom. The van der Waals surface area contributed by atoms with Gasteiger partial charge in [0, 0.05) is 11.9 Å². The normalized spacial score (nSPS) is 12.2. The minimum Gasteiger partial charge on any atom is -0.410 e. The number of hydrogen-bond donors (Lipinski definition) is 1. The molecule has 0 aliphatic carbocycles. The number of ether oxygens (including phenoxy) is 1. The maximum atomic E-state index is 12.3. The second-order valence-corrected chi connectivity index (χ2v) is 6.72. The second-order valence-electron chi connectivity index (χ2n) is 5.69. The molecule has 128 valence electrons. The Morgan fingerprint density at radius 2 is 1.78 bits per heavy atom. The average molecular weight is 359 g/mol. The lowest BCUT2D eigenvalue weighted by Crippen LogP contribution is -2.48. The molecule has 0 aliphatic heterocycles. The number of halogens is 1. The van der Waals surface area contributed by atoms with Crippen molar-refractivity contribution in [3.8, 4) is 5.75 Å². The summed E-state index contributed by atoms with van der Waals surface area (Å²) in [5.74, 6) is -0.0721. The average Bonchev–Trinajstić information content (AvgIpc) is 2.46. The van der Waals surface area contributed by atoms with Crippen LogP contribution in [0.25, 0.3) is 0 Å². The van der Waals surface area contributed by atoms with E-state index in [1.807, 2.05) is 34.0 Å². The quantitative estimate of drug-likeness (QED) is 0.641. The summed E-state index contributed by atoms with van der Waals surface area (Å²) >= 11 is 7.23. The van der Waals surface area contributed by atoms with Gasteiger partial charge in [-0.1, -0.05) is 13.8 Å². The van der Waals surface area contributed by atoms with Crippen LogP contribution >= 0.6 is 23.5 Å². The van der Waals surface area contributed by atoms with Crippen LogP contribution < -0.4 is 9.57 Å². The highest BCUT2D eigenvalue weighted by molar-refractivity contribution is 7.98. The van der Waals surface area contributed by atoms with Crippen LogP contribution in [-0.4, -0.2) is 36.2 Å². The fourth-order valence-corrected chi connectivity index (χ4v) is 3.32. The molecule has 0 bridgehead atoms. The highest BCUT2D eigenvalue weighted by Crippen LogP contribution is 2.29. The number of imide groups is 1. The lowest BCUT2D eigenvalue weighted by atomic mass is 10.0. The van der Waals surface area contributed by atoms with Crippen molar-refractivity contribution < 1.29 is 14.3 Å². The van der Waals surface area contributed by atoms with Gasteiger partial charge in [-0.15, -0.1) is 11.8 Å². The predicted molar refractivity (Wildman–Crippen MR) is 94.1 cm³/mol. The van der Waals surface area contributed by atoms with Crippen molar-refractivity contribution in [1.29, 1.82) is 0 Å². The van der Waals surface area contributed by atoms with E-state index in [1.165, 1.54) is 7.05 Å². The van der Waals surface area contributed by atoms with Crippen molar-refractivity contribution >= 4 is 35.5 Å². The molecule has 0 aromatic heterocycles. The van der Waals surface area contributed by atoms with Crippen LogP contribution in [0.1, 0.15) is 25.0 Å². The molecule has 1 aromatic rings. The van der Waals surface area contributed by atoms with Crippen molar-refractivity contribution in [3.05, 3.63) is 23.3 Å². The molecule has 1 atom stereocenters. The summed E-state index contributed by atoms with van der Waals surface area (Å²) in [6.45, 7) is 7.59. The first-order valence-electron chi connectivity index (χ1n) is 7.23. The number of rotatable bonds is 5. The molecular weight excluding hydrogens is 336 g/mol. The molecule has 0 heterocycles. The number of benzene rings is 1. The lowest BCUT2D eigenvalue weighted by molar-refractivity contribution is -0.130. The van der Waals surface area contributed by atoms with Gasteiger partial charge in [0.25, 0.3) is 0 Å². The van der Waals surface area contributed by atoms with Gasteiger partial charge in [0.2, 0.25) is 5.91 Å². The van der Waals surface area contributed by atoms with Crippen LogP contribution in [0.5, 0.6) is 5.75 Å². The van der Waals surface area contributed by atoms with Crippen LogP contribution in [0.3, 0.4) is 0 Å². The zero-order chi connectivity index (χ0) is 17.7. The number of carbonyl (C=O) groups is 2. The summed E-state index contributed by atoms with van der Waals surface area (Å²) in [5.41, 5.74) is 2.05. The maximum absolute atomic E-state index is 12.3. The first-order valence-corrected chi connectivity index (χ1v) is 8.84. The van der Waals surface area contributed by atoms with Gasteiger partial charge in [-0.2, -0.15) is 0 Å². The van der Waals surface area contributed by atoms with Gasteiger partial charge < -0.3 is 4.74 Å². The highest BCUT2D eigenvalue weighted by atomic mass is 35.5. The van der Waals surface area contributed by atoms with Crippen molar-refractivity contribution in [2.75, 3.05) is 13.3 Å². The number of thioether (sulfide) groups is 1. The molecule has 1 N–H and O–H groups in total. The molecule has 23 heavy (non-hydrogen) atoms. The van der Waals surface area contributed by atoms with E-state index in [4.69, 9.17) is 16.5 Å². The Morgan fingerprint density at radius 3 is 2.17 bits per heavy atom. The number of amides is 2. The van der Waals surface area contributed by atoms with Crippen LogP contribution in [-0.2, 0) is 4.79 Å². The van der Waals surface area contributed by atoms with E-state index >= 15 is 0 Å². The van der Waals surface area contributed by atoms with Gasteiger partial charge in [0.1, 0.15) is 11.8 Å². The first-order chi connectivity index (χ1) is 10.7. The van der Waals surface area contributed by atoms with Crippen LogP contribution in [0.15, 0.2) is 17.0 Å². The summed E-state index contributed by atoms with van der Waals surface area (Å²) in [6.07, 6.45) is 1.27. The fourth-order valence-electron chi connectivity index (χ4n) is 2.22. The minimum absolute atomic E-state index is 0.0550. The topological polar surface area (TPSA) is 58.6 Å². The van der Waals surface area contributed by atoms with Gasteiger partial charge in [-0.25, -0.2) is 14.5 Å². The molecule has 0 saturated carbocycles. The number of carbonyl (C=O) groups excluding carboxylic acids is 2. The summed E-state index contributed by atoms with van der Waals surface area (Å²) in [5, 5.41) is 0. The number of nitrogens with one attached hydrogen (secondary N) is 1. The molecule has 1 aromatic carbocycles.